The normalized spacial score (nSPS) is 11.3. The molecule has 0 aromatic heterocycles. The van der Waals surface area contributed by atoms with Crippen molar-refractivity contribution in [3.05, 3.63) is 29.1 Å². The van der Waals surface area contributed by atoms with Crippen molar-refractivity contribution in [1.29, 1.82) is 0 Å². The number of halogens is 1. The van der Waals surface area contributed by atoms with E-state index in [1.54, 1.807) is 6.07 Å². The lowest BCUT2D eigenvalue weighted by Crippen LogP contribution is -2.12. The van der Waals surface area contributed by atoms with Gasteiger partial charge >= 0.3 is 0 Å². The molecule has 0 aliphatic rings. The average Bonchev–Trinajstić information content (AvgIpc) is 2.15. The summed E-state index contributed by atoms with van der Waals surface area (Å²) in [7, 11) is 3.88. The van der Waals surface area contributed by atoms with E-state index >= 15 is 0 Å². The third kappa shape index (κ3) is 2.55. The quantitative estimate of drug-likeness (QED) is 0.744. The van der Waals surface area contributed by atoms with Gasteiger partial charge in [-0.1, -0.05) is 27.7 Å². The maximum atomic E-state index is 14.1. The first-order chi connectivity index (χ1) is 7.34. The molecule has 0 atom stereocenters. The van der Waals surface area contributed by atoms with Crippen molar-refractivity contribution in [2.45, 2.75) is 39.5 Å². The van der Waals surface area contributed by atoms with Crippen LogP contribution in [0.2, 0.25) is 0 Å². The fraction of sp³-hybridized carbons (Fsp3) is 0.571. The van der Waals surface area contributed by atoms with Crippen molar-refractivity contribution >= 4 is 5.69 Å². The number of rotatable bonds is 3. The van der Waals surface area contributed by atoms with Crippen molar-refractivity contribution in [2.24, 2.45) is 0 Å². The van der Waals surface area contributed by atoms with E-state index in [1.165, 1.54) is 0 Å². The van der Waals surface area contributed by atoms with E-state index in [0.717, 1.165) is 16.8 Å². The van der Waals surface area contributed by atoms with Gasteiger partial charge in [-0.3, -0.25) is 0 Å². The predicted molar refractivity (Wildman–Crippen MR) is 68.9 cm³/mol. The minimum Gasteiger partial charge on any atom is -0.378 e. The van der Waals surface area contributed by atoms with Crippen LogP contribution in [-0.2, 0) is 0 Å². The summed E-state index contributed by atoms with van der Waals surface area (Å²) >= 11 is 0. The molecule has 2 heteroatoms. The zero-order valence-corrected chi connectivity index (χ0v) is 11.1. The summed E-state index contributed by atoms with van der Waals surface area (Å²) in [5, 5.41) is 0. The Kier molecular flexibility index (Phi) is 3.95. The van der Waals surface area contributed by atoms with E-state index in [1.807, 2.05) is 32.8 Å². The maximum absolute atomic E-state index is 14.1. The Hall–Kier alpha value is -1.05. The molecular formula is C14H22FN. The third-order valence-electron chi connectivity index (χ3n) is 2.86. The van der Waals surface area contributed by atoms with E-state index in [-0.39, 0.29) is 11.7 Å². The monoisotopic (exact) mass is 223 g/mol. The molecule has 0 radical (unpaired) electrons. The first-order valence-electron chi connectivity index (χ1n) is 5.85. The topological polar surface area (TPSA) is 3.24 Å². The van der Waals surface area contributed by atoms with Crippen LogP contribution >= 0.6 is 0 Å². The van der Waals surface area contributed by atoms with Gasteiger partial charge in [-0.05, 0) is 35.1 Å². The van der Waals surface area contributed by atoms with Crippen molar-refractivity contribution in [3.8, 4) is 0 Å². The SMILES string of the molecule is CC(C)c1cc(N(C)C)cc(F)c1C(C)C. The van der Waals surface area contributed by atoms with Gasteiger partial charge in [0.1, 0.15) is 5.82 Å². The minimum atomic E-state index is -0.0788. The Morgan fingerprint density at radius 2 is 1.56 bits per heavy atom. The van der Waals surface area contributed by atoms with Gasteiger partial charge in [0.2, 0.25) is 0 Å². The lowest BCUT2D eigenvalue weighted by Gasteiger charge is -2.21. The first kappa shape index (κ1) is 13.0. The summed E-state index contributed by atoms with van der Waals surface area (Å²) in [4.78, 5) is 1.94. The molecule has 0 fully saturated rings. The molecular weight excluding hydrogens is 201 g/mol. The van der Waals surface area contributed by atoms with Crippen molar-refractivity contribution in [1.82, 2.24) is 0 Å². The third-order valence-corrected chi connectivity index (χ3v) is 2.86. The second kappa shape index (κ2) is 4.86. The van der Waals surface area contributed by atoms with Gasteiger partial charge in [-0.25, -0.2) is 4.39 Å². The Morgan fingerprint density at radius 3 is 1.94 bits per heavy atom. The fourth-order valence-electron chi connectivity index (χ4n) is 1.97. The molecule has 16 heavy (non-hydrogen) atoms. The Morgan fingerprint density at radius 1 is 1.00 bits per heavy atom. The largest absolute Gasteiger partial charge is 0.378 e. The zero-order chi connectivity index (χ0) is 12.5. The van der Waals surface area contributed by atoms with Gasteiger partial charge in [0, 0.05) is 19.8 Å². The molecule has 90 valence electrons. The zero-order valence-electron chi connectivity index (χ0n) is 11.1. The van der Waals surface area contributed by atoms with Crippen molar-refractivity contribution in [2.75, 3.05) is 19.0 Å². The highest BCUT2D eigenvalue weighted by Crippen LogP contribution is 2.32. The van der Waals surface area contributed by atoms with Crippen LogP contribution in [0.25, 0.3) is 0 Å². The molecule has 1 rings (SSSR count). The highest BCUT2D eigenvalue weighted by atomic mass is 19.1. The summed E-state index contributed by atoms with van der Waals surface area (Å²) in [5.41, 5.74) is 2.92. The molecule has 0 saturated carbocycles. The van der Waals surface area contributed by atoms with Gasteiger partial charge in [0.25, 0.3) is 0 Å². The highest BCUT2D eigenvalue weighted by Gasteiger charge is 2.16. The molecule has 0 spiro atoms. The summed E-state index contributed by atoms with van der Waals surface area (Å²) in [5.74, 6) is 0.505. The van der Waals surface area contributed by atoms with Crippen LogP contribution in [-0.4, -0.2) is 14.1 Å². The van der Waals surface area contributed by atoms with Crippen LogP contribution < -0.4 is 4.90 Å². The second-order valence-electron chi connectivity index (χ2n) is 5.13. The number of hydrogen-bond acceptors (Lipinski definition) is 1. The fourth-order valence-corrected chi connectivity index (χ4v) is 1.97. The molecule has 0 bridgehead atoms. The van der Waals surface area contributed by atoms with E-state index in [0.29, 0.717) is 5.92 Å². The molecule has 1 nitrogen and oxygen atoms in total. The molecule has 0 N–H and O–H groups in total. The van der Waals surface area contributed by atoms with Crippen LogP contribution in [0.5, 0.6) is 0 Å². The Labute approximate surface area is 98.3 Å². The van der Waals surface area contributed by atoms with Crippen LogP contribution in [0.4, 0.5) is 10.1 Å². The molecule has 0 aliphatic heterocycles. The standard InChI is InChI=1S/C14H22FN/c1-9(2)12-7-11(16(5)6)8-13(15)14(12)10(3)4/h7-10H,1-6H3. The van der Waals surface area contributed by atoms with Gasteiger partial charge in [-0.2, -0.15) is 0 Å². The van der Waals surface area contributed by atoms with Gasteiger partial charge in [-0.15, -0.1) is 0 Å². The molecule has 1 aromatic carbocycles. The van der Waals surface area contributed by atoms with Crippen LogP contribution in [0.3, 0.4) is 0 Å². The lowest BCUT2D eigenvalue weighted by molar-refractivity contribution is 0.589. The van der Waals surface area contributed by atoms with Gasteiger partial charge in [0.15, 0.2) is 0 Å². The summed E-state index contributed by atoms with van der Waals surface area (Å²) in [6.07, 6.45) is 0. The number of anilines is 1. The molecule has 0 heterocycles. The minimum absolute atomic E-state index is 0.0788. The van der Waals surface area contributed by atoms with E-state index in [9.17, 15) is 4.39 Å². The van der Waals surface area contributed by atoms with Crippen LogP contribution in [0.1, 0.15) is 50.7 Å². The highest BCUT2D eigenvalue weighted by molar-refractivity contribution is 5.52. The number of nitrogens with zero attached hydrogens (tertiary/aromatic N) is 1. The summed E-state index contributed by atoms with van der Waals surface area (Å²) in [6, 6.07) is 3.73. The number of hydrogen-bond donors (Lipinski definition) is 0. The number of benzene rings is 1. The van der Waals surface area contributed by atoms with Gasteiger partial charge < -0.3 is 4.90 Å². The average molecular weight is 223 g/mol. The molecule has 0 saturated heterocycles. The van der Waals surface area contributed by atoms with Crippen LogP contribution in [0, 0.1) is 5.82 Å². The molecule has 1 aromatic rings. The van der Waals surface area contributed by atoms with E-state index < -0.39 is 0 Å². The molecule has 0 unspecified atom stereocenters. The summed E-state index contributed by atoms with van der Waals surface area (Å²) in [6.45, 7) is 8.31. The first-order valence-corrected chi connectivity index (χ1v) is 5.85. The predicted octanol–water partition coefficient (Wildman–Crippen LogP) is 4.14. The summed E-state index contributed by atoms with van der Waals surface area (Å²) < 4.78 is 14.1. The van der Waals surface area contributed by atoms with E-state index in [2.05, 4.69) is 19.9 Å². The van der Waals surface area contributed by atoms with Crippen molar-refractivity contribution in [3.63, 3.8) is 0 Å². The Balaban J connectivity index is 3.39. The van der Waals surface area contributed by atoms with Crippen LogP contribution in [0.15, 0.2) is 12.1 Å². The smallest absolute Gasteiger partial charge is 0.129 e. The lowest BCUT2D eigenvalue weighted by atomic mass is 9.89. The molecule has 0 amide bonds. The Bertz CT molecular complexity index is 367. The molecule has 0 aliphatic carbocycles. The van der Waals surface area contributed by atoms with Gasteiger partial charge in [0.05, 0.1) is 0 Å². The second-order valence-corrected chi connectivity index (χ2v) is 5.13. The van der Waals surface area contributed by atoms with E-state index in [4.69, 9.17) is 0 Å². The van der Waals surface area contributed by atoms with Crippen molar-refractivity contribution < 1.29 is 4.39 Å². The maximum Gasteiger partial charge on any atom is 0.129 e.